The molecule has 3 rings (SSSR count). The number of hydrogen-bond acceptors (Lipinski definition) is 7. The van der Waals surface area contributed by atoms with Crippen molar-refractivity contribution in [3.63, 3.8) is 0 Å². The van der Waals surface area contributed by atoms with Crippen LogP contribution in [0.3, 0.4) is 0 Å². The number of aromatic nitrogens is 3. The fourth-order valence-electron chi connectivity index (χ4n) is 2.55. The van der Waals surface area contributed by atoms with E-state index < -0.39 is 5.97 Å². The summed E-state index contributed by atoms with van der Waals surface area (Å²) in [5.41, 5.74) is 2.23. The molecule has 0 saturated heterocycles. The lowest BCUT2D eigenvalue weighted by molar-refractivity contribution is -0.114. The van der Waals surface area contributed by atoms with Gasteiger partial charge in [0.15, 0.2) is 5.69 Å². The Hall–Kier alpha value is -3.88. The lowest BCUT2D eigenvalue weighted by atomic mass is 10.2. The van der Waals surface area contributed by atoms with Crippen molar-refractivity contribution < 1.29 is 19.1 Å². The summed E-state index contributed by atoms with van der Waals surface area (Å²) in [6, 6.07) is 14.5. The van der Waals surface area contributed by atoms with Crippen molar-refractivity contribution >= 4 is 23.3 Å². The molecule has 0 aliphatic rings. The van der Waals surface area contributed by atoms with Crippen LogP contribution in [0.1, 0.15) is 17.4 Å². The van der Waals surface area contributed by atoms with E-state index in [2.05, 4.69) is 25.7 Å². The van der Waals surface area contributed by atoms with Gasteiger partial charge in [-0.15, -0.1) is 5.10 Å². The molecule has 3 aromatic rings. The van der Waals surface area contributed by atoms with Crippen LogP contribution in [0, 0.1) is 0 Å². The van der Waals surface area contributed by atoms with Gasteiger partial charge in [-0.05, 0) is 43.3 Å². The molecule has 2 aromatic carbocycles. The Morgan fingerprint density at radius 3 is 2.59 bits per heavy atom. The minimum atomic E-state index is -0.550. The van der Waals surface area contributed by atoms with E-state index in [1.807, 2.05) is 19.1 Å². The number of nitrogens with one attached hydrogen (secondary N) is 2. The zero-order valence-corrected chi connectivity index (χ0v) is 16.1. The average Bonchev–Trinajstić information content (AvgIpc) is 3.24. The summed E-state index contributed by atoms with van der Waals surface area (Å²) in [5, 5.41) is 13.5. The predicted molar refractivity (Wildman–Crippen MR) is 107 cm³/mol. The van der Waals surface area contributed by atoms with E-state index in [-0.39, 0.29) is 18.1 Å². The number of esters is 1. The lowest BCUT2D eigenvalue weighted by Crippen LogP contribution is -2.22. The van der Waals surface area contributed by atoms with E-state index in [9.17, 15) is 9.59 Å². The molecule has 0 bridgehead atoms. The molecular weight excluding hydrogens is 374 g/mol. The van der Waals surface area contributed by atoms with E-state index >= 15 is 0 Å². The minimum Gasteiger partial charge on any atom is -0.492 e. The highest BCUT2D eigenvalue weighted by molar-refractivity contribution is 5.95. The number of rotatable bonds is 8. The standard InChI is InChI=1S/C20H21N5O4/c1-3-29-18-7-5-4-6-16(18)22-19(26)12-21-14-8-10-15(11-9-14)25-13-17(23-24-25)20(27)28-2/h4-11,13,21H,3,12H2,1-2H3,(H,22,26). The molecule has 1 amide bonds. The number of hydrogen-bond donors (Lipinski definition) is 2. The molecule has 0 radical (unpaired) electrons. The Labute approximate surface area is 167 Å². The summed E-state index contributed by atoms with van der Waals surface area (Å²) >= 11 is 0. The Morgan fingerprint density at radius 2 is 1.86 bits per heavy atom. The van der Waals surface area contributed by atoms with Gasteiger partial charge in [-0.2, -0.15) is 0 Å². The molecule has 0 saturated carbocycles. The monoisotopic (exact) mass is 395 g/mol. The van der Waals surface area contributed by atoms with Crippen LogP contribution in [-0.4, -0.2) is 47.1 Å². The van der Waals surface area contributed by atoms with E-state index in [4.69, 9.17) is 4.74 Å². The van der Waals surface area contributed by atoms with Crippen molar-refractivity contribution in [2.75, 3.05) is 30.9 Å². The first kappa shape index (κ1) is 19.9. The molecule has 29 heavy (non-hydrogen) atoms. The summed E-state index contributed by atoms with van der Waals surface area (Å²) < 4.78 is 11.6. The van der Waals surface area contributed by atoms with Crippen LogP contribution in [0.4, 0.5) is 11.4 Å². The first-order valence-electron chi connectivity index (χ1n) is 8.97. The maximum absolute atomic E-state index is 12.2. The van der Waals surface area contributed by atoms with Gasteiger partial charge in [0.05, 0.1) is 37.8 Å². The van der Waals surface area contributed by atoms with Gasteiger partial charge in [0, 0.05) is 5.69 Å². The second-order valence-corrected chi connectivity index (χ2v) is 5.92. The van der Waals surface area contributed by atoms with Crippen molar-refractivity contribution in [2.45, 2.75) is 6.92 Å². The van der Waals surface area contributed by atoms with Crippen LogP contribution in [0.25, 0.3) is 5.69 Å². The molecule has 0 unspecified atom stereocenters. The summed E-state index contributed by atoms with van der Waals surface area (Å²) in [4.78, 5) is 23.7. The first-order chi connectivity index (χ1) is 14.1. The summed E-state index contributed by atoms with van der Waals surface area (Å²) in [6.45, 7) is 2.50. The minimum absolute atomic E-state index is 0.0929. The van der Waals surface area contributed by atoms with E-state index in [1.165, 1.54) is 18.0 Å². The molecule has 0 atom stereocenters. The number of amides is 1. The highest BCUT2D eigenvalue weighted by Crippen LogP contribution is 2.23. The lowest BCUT2D eigenvalue weighted by Gasteiger charge is -2.12. The SMILES string of the molecule is CCOc1ccccc1NC(=O)CNc1ccc(-n2cc(C(=O)OC)nn2)cc1. The molecule has 9 heteroatoms. The van der Waals surface area contributed by atoms with E-state index in [0.717, 1.165) is 5.69 Å². The molecule has 0 aliphatic carbocycles. The number of ether oxygens (including phenoxy) is 2. The summed E-state index contributed by atoms with van der Waals surface area (Å²) in [5.74, 6) is -0.112. The number of carbonyl (C=O) groups excluding carboxylic acids is 2. The summed E-state index contributed by atoms with van der Waals surface area (Å²) in [7, 11) is 1.29. The van der Waals surface area contributed by atoms with Gasteiger partial charge in [0.25, 0.3) is 0 Å². The van der Waals surface area contributed by atoms with Crippen LogP contribution in [0.5, 0.6) is 5.75 Å². The quantitative estimate of drug-likeness (QED) is 0.564. The van der Waals surface area contributed by atoms with Crippen molar-refractivity contribution in [3.05, 3.63) is 60.4 Å². The van der Waals surface area contributed by atoms with Crippen LogP contribution in [0.2, 0.25) is 0 Å². The highest BCUT2D eigenvalue weighted by Gasteiger charge is 2.11. The molecule has 1 aromatic heterocycles. The van der Waals surface area contributed by atoms with Gasteiger partial charge in [0.1, 0.15) is 5.75 Å². The summed E-state index contributed by atoms with van der Waals surface area (Å²) in [6.07, 6.45) is 1.48. The van der Waals surface area contributed by atoms with Gasteiger partial charge in [-0.3, -0.25) is 4.79 Å². The van der Waals surface area contributed by atoms with Crippen LogP contribution in [0.15, 0.2) is 54.7 Å². The number of carbonyl (C=O) groups is 2. The van der Waals surface area contributed by atoms with E-state index in [1.54, 1.807) is 36.4 Å². The number of methoxy groups -OCH3 is 1. The maximum atomic E-state index is 12.2. The van der Waals surface area contributed by atoms with Crippen molar-refractivity contribution in [3.8, 4) is 11.4 Å². The second-order valence-electron chi connectivity index (χ2n) is 5.92. The average molecular weight is 395 g/mol. The molecule has 0 spiro atoms. The number of nitrogens with zero attached hydrogens (tertiary/aromatic N) is 3. The van der Waals surface area contributed by atoms with Gasteiger partial charge in [-0.25, -0.2) is 9.48 Å². The Kier molecular flexibility index (Phi) is 6.41. The van der Waals surface area contributed by atoms with Crippen LogP contribution in [-0.2, 0) is 9.53 Å². The molecule has 0 fully saturated rings. The Bertz CT molecular complexity index is 985. The smallest absolute Gasteiger partial charge is 0.360 e. The molecule has 150 valence electrons. The molecule has 1 heterocycles. The number of anilines is 2. The fourth-order valence-corrected chi connectivity index (χ4v) is 2.55. The highest BCUT2D eigenvalue weighted by atomic mass is 16.5. The maximum Gasteiger partial charge on any atom is 0.360 e. The van der Waals surface area contributed by atoms with Gasteiger partial charge >= 0.3 is 5.97 Å². The molecular formula is C20H21N5O4. The Balaban J connectivity index is 1.57. The number of benzene rings is 2. The second kappa shape index (κ2) is 9.36. The first-order valence-corrected chi connectivity index (χ1v) is 8.97. The zero-order valence-electron chi connectivity index (χ0n) is 16.1. The van der Waals surface area contributed by atoms with Gasteiger partial charge in [-0.1, -0.05) is 17.3 Å². The predicted octanol–water partition coefficient (Wildman–Crippen LogP) is 2.50. The van der Waals surface area contributed by atoms with Gasteiger partial charge < -0.3 is 20.1 Å². The Morgan fingerprint density at radius 1 is 1.10 bits per heavy atom. The topological polar surface area (TPSA) is 107 Å². The molecule has 2 N–H and O–H groups in total. The third kappa shape index (κ3) is 5.10. The normalized spacial score (nSPS) is 10.3. The fraction of sp³-hybridized carbons (Fsp3) is 0.200. The molecule has 0 aliphatic heterocycles. The van der Waals surface area contributed by atoms with Crippen LogP contribution < -0.4 is 15.4 Å². The van der Waals surface area contributed by atoms with Crippen molar-refractivity contribution in [2.24, 2.45) is 0 Å². The zero-order chi connectivity index (χ0) is 20.6. The number of para-hydroxylation sites is 2. The third-order valence-corrected chi connectivity index (χ3v) is 3.93. The third-order valence-electron chi connectivity index (χ3n) is 3.93. The van der Waals surface area contributed by atoms with Crippen LogP contribution >= 0.6 is 0 Å². The largest absolute Gasteiger partial charge is 0.492 e. The van der Waals surface area contributed by atoms with Gasteiger partial charge in [0.2, 0.25) is 5.91 Å². The molecule has 9 nitrogen and oxygen atoms in total. The van der Waals surface area contributed by atoms with E-state index in [0.29, 0.717) is 23.7 Å². The van der Waals surface area contributed by atoms with Crippen molar-refractivity contribution in [1.82, 2.24) is 15.0 Å². The van der Waals surface area contributed by atoms with Crippen molar-refractivity contribution in [1.29, 1.82) is 0 Å².